The summed E-state index contributed by atoms with van der Waals surface area (Å²) < 4.78 is 16.2. The highest BCUT2D eigenvalue weighted by molar-refractivity contribution is 4.76. The maximum atomic E-state index is 6.03. The van der Waals surface area contributed by atoms with Crippen LogP contribution in [0, 0.1) is 5.92 Å². The Bertz CT molecular complexity index is 191. The normalized spacial score (nSPS) is 23.6. The maximum absolute atomic E-state index is 6.03. The third kappa shape index (κ3) is 4.78. The van der Waals surface area contributed by atoms with Gasteiger partial charge in [-0.15, -0.1) is 0 Å². The molecule has 2 unspecified atom stereocenters. The second kappa shape index (κ2) is 6.55. The summed E-state index contributed by atoms with van der Waals surface area (Å²) in [5, 5.41) is 0. The van der Waals surface area contributed by atoms with Crippen LogP contribution >= 0.6 is 0 Å². The van der Waals surface area contributed by atoms with Gasteiger partial charge >= 0.3 is 0 Å². The molecule has 2 atom stereocenters. The quantitative estimate of drug-likeness (QED) is 0.669. The SMILES string of the molecule is COC(C)(C)CCOCC(N)C1CCOC1. The van der Waals surface area contributed by atoms with E-state index in [0.29, 0.717) is 19.1 Å². The van der Waals surface area contributed by atoms with E-state index in [0.717, 1.165) is 26.1 Å². The molecule has 0 amide bonds. The number of nitrogens with two attached hydrogens (primary N) is 1. The van der Waals surface area contributed by atoms with Crippen molar-refractivity contribution < 1.29 is 14.2 Å². The highest BCUT2D eigenvalue weighted by Gasteiger charge is 2.23. The number of hydrogen-bond donors (Lipinski definition) is 1. The van der Waals surface area contributed by atoms with E-state index in [1.807, 2.05) is 0 Å². The Kier molecular flexibility index (Phi) is 5.69. The van der Waals surface area contributed by atoms with Crippen LogP contribution in [-0.4, -0.2) is 45.2 Å². The van der Waals surface area contributed by atoms with E-state index >= 15 is 0 Å². The molecule has 96 valence electrons. The first kappa shape index (κ1) is 13.9. The lowest BCUT2D eigenvalue weighted by Gasteiger charge is -2.23. The van der Waals surface area contributed by atoms with Crippen LogP contribution in [0.4, 0.5) is 0 Å². The second-order valence-corrected chi connectivity index (χ2v) is 5.08. The van der Waals surface area contributed by atoms with E-state index in [1.54, 1.807) is 7.11 Å². The second-order valence-electron chi connectivity index (χ2n) is 5.08. The molecule has 0 aliphatic carbocycles. The van der Waals surface area contributed by atoms with Crippen LogP contribution in [0.3, 0.4) is 0 Å². The zero-order valence-corrected chi connectivity index (χ0v) is 10.7. The van der Waals surface area contributed by atoms with E-state index in [9.17, 15) is 0 Å². The van der Waals surface area contributed by atoms with Crippen LogP contribution in [-0.2, 0) is 14.2 Å². The fourth-order valence-electron chi connectivity index (χ4n) is 1.67. The van der Waals surface area contributed by atoms with Crippen LogP contribution in [0.5, 0.6) is 0 Å². The predicted octanol–water partition coefficient (Wildman–Crippen LogP) is 1.18. The van der Waals surface area contributed by atoms with Gasteiger partial charge in [-0.2, -0.15) is 0 Å². The first-order chi connectivity index (χ1) is 7.55. The third-order valence-electron chi connectivity index (χ3n) is 3.28. The molecule has 16 heavy (non-hydrogen) atoms. The summed E-state index contributed by atoms with van der Waals surface area (Å²) in [7, 11) is 1.72. The Morgan fingerprint density at radius 2 is 2.25 bits per heavy atom. The number of rotatable bonds is 7. The van der Waals surface area contributed by atoms with Gasteiger partial charge in [0, 0.05) is 32.3 Å². The van der Waals surface area contributed by atoms with Gasteiger partial charge in [0.15, 0.2) is 0 Å². The Morgan fingerprint density at radius 3 is 2.81 bits per heavy atom. The van der Waals surface area contributed by atoms with Gasteiger partial charge in [0.2, 0.25) is 0 Å². The van der Waals surface area contributed by atoms with Crippen molar-refractivity contribution in [2.75, 3.05) is 33.5 Å². The third-order valence-corrected chi connectivity index (χ3v) is 3.28. The fraction of sp³-hybridized carbons (Fsp3) is 1.00. The summed E-state index contributed by atoms with van der Waals surface area (Å²) in [5.74, 6) is 0.468. The highest BCUT2D eigenvalue weighted by atomic mass is 16.5. The molecule has 1 aliphatic heterocycles. The summed E-state index contributed by atoms with van der Waals surface area (Å²) in [5.41, 5.74) is 5.91. The van der Waals surface area contributed by atoms with Crippen molar-refractivity contribution in [2.24, 2.45) is 11.7 Å². The molecule has 2 N–H and O–H groups in total. The molecule has 1 rings (SSSR count). The van der Waals surface area contributed by atoms with E-state index in [1.165, 1.54) is 0 Å². The molecule has 4 nitrogen and oxygen atoms in total. The maximum Gasteiger partial charge on any atom is 0.0644 e. The average molecular weight is 231 g/mol. The van der Waals surface area contributed by atoms with Gasteiger partial charge in [-0.25, -0.2) is 0 Å². The number of methoxy groups -OCH3 is 1. The summed E-state index contributed by atoms with van der Waals surface area (Å²) >= 11 is 0. The molecule has 0 spiro atoms. The van der Waals surface area contributed by atoms with Gasteiger partial charge in [-0.3, -0.25) is 0 Å². The summed E-state index contributed by atoms with van der Waals surface area (Å²) in [4.78, 5) is 0. The lowest BCUT2D eigenvalue weighted by molar-refractivity contribution is -0.0130. The Labute approximate surface area is 98.4 Å². The first-order valence-electron chi connectivity index (χ1n) is 6.01. The van der Waals surface area contributed by atoms with E-state index in [4.69, 9.17) is 19.9 Å². The van der Waals surface area contributed by atoms with Crippen LogP contribution in [0.15, 0.2) is 0 Å². The lowest BCUT2D eigenvalue weighted by atomic mass is 10.0. The van der Waals surface area contributed by atoms with E-state index in [2.05, 4.69) is 13.8 Å². The molecule has 1 aliphatic rings. The van der Waals surface area contributed by atoms with Gasteiger partial charge in [0.25, 0.3) is 0 Å². The van der Waals surface area contributed by atoms with Crippen molar-refractivity contribution in [3.63, 3.8) is 0 Å². The standard InChI is InChI=1S/C12H25NO3/c1-12(2,14-3)5-7-16-9-11(13)10-4-6-15-8-10/h10-11H,4-9,13H2,1-3H3. The van der Waals surface area contributed by atoms with Gasteiger partial charge in [0.1, 0.15) is 0 Å². The molecule has 0 aromatic carbocycles. The fourth-order valence-corrected chi connectivity index (χ4v) is 1.67. The van der Waals surface area contributed by atoms with Gasteiger partial charge in [-0.05, 0) is 26.7 Å². The highest BCUT2D eigenvalue weighted by Crippen LogP contribution is 2.16. The molecule has 1 heterocycles. The molecule has 0 aromatic heterocycles. The topological polar surface area (TPSA) is 53.7 Å². The average Bonchev–Trinajstić information content (AvgIpc) is 2.77. The van der Waals surface area contributed by atoms with Crippen molar-refractivity contribution >= 4 is 0 Å². The van der Waals surface area contributed by atoms with Gasteiger partial charge < -0.3 is 19.9 Å². The van der Waals surface area contributed by atoms with Crippen LogP contribution in [0.25, 0.3) is 0 Å². The van der Waals surface area contributed by atoms with Gasteiger partial charge in [-0.1, -0.05) is 0 Å². The monoisotopic (exact) mass is 231 g/mol. The van der Waals surface area contributed by atoms with E-state index in [-0.39, 0.29) is 11.6 Å². The van der Waals surface area contributed by atoms with Crippen molar-refractivity contribution in [1.82, 2.24) is 0 Å². The largest absolute Gasteiger partial charge is 0.381 e. The van der Waals surface area contributed by atoms with Crippen LogP contribution in [0.1, 0.15) is 26.7 Å². The minimum absolute atomic E-state index is 0.105. The minimum Gasteiger partial charge on any atom is -0.381 e. The summed E-state index contributed by atoms with van der Waals surface area (Å²) in [6.45, 7) is 7.06. The van der Waals surface area contributed by atoms with Crippen molar-refractivity contribution in [1.29, 1.82) is 0 Å². The summed E-state index contributed by atoms with van der Waals surface area (Å²) in [6.07, 6.45) is 1.95. The molecule has 1 fully saturated rings. The minimum atomic E-state index is -0.111. The molecular formula is C12H25NO3. The molecule has 0 saturated carbocycles. The molecule has 1 saturated heterocycles. The van der Waals surface area contributed by atoms with Crippen molar-refractivity contribution in [3.8, 4) is 0 Å². The van der Waals surface area contributed by atoms with Gasteiger partial charge in [0.05, 0.1) is 18.8 Å². The zero-order valence-electron chi connectivity index (χ0n) is 10.7. The molecule has 0 bridgehead atoms. The summed E-state index contributed by atoms with van der Waals surface area (Å²) in [6, 6.07) is 0.105. The van der Waals surface area contributed by atoms with Crippen molar-refractivity contribution in [2.45, 2.75) is 38.3 Å². The molecule has 0 radical (unpaired) electrons. The van der Waals surface area contributed by atoms with Crippen molar-refractivity contribution in [3.05, 3.63) is 0 Å². The number of hydrogen-bond acceptors (Lipinski definition) is 4. The Hall–Kier alpha value is -0.160. The zero-order chi connectivity index (χ0) is 12.0. The van der Waals surface area contributed by atoms with E-state index < -0.39 is 0 Å². The first-order valence-corrected chi connectivity index (χ1v) is 6.01. The predicted molar refractivity (Wildman–Crippen MR) is 63.4 cm³/mol. The Morgan fingerprint density at radius 1 is 1.50 bits per heavy atom. The molecule has 4 heteroatoms. The molecule has 0 aromatic rings. The lowest BCUT2D eigenvalue weighted by Crippen LogP contribution is -2.35. The van der Waals surface area contributed by atoms with Crippen LogP contribution < -0.4 is 5.73 Å². The molecular weight excluding hydrogens is 206 g/mol. The number of ether oxygens (including phenoxy) is 3. The van der Waals surface area contributed by atoms with Crippen LogP contribution in [0.2, 0.25) is 0 Å². The Balaban J connectivity index is 2.06. The smallest absolute Gasteiger partial charge is 0.0644 e.